The number of unbranched alkanes of at least 4 members (excludes halogenated alkanes) is 3. The monoisotopic (exact) mass is 986 g/mol. The van der Waals surface area contributed by atoms with E-state index in [4.69, 9.17) is 22.9 Å². The minimum absolute atomic E-state index is 0.0624. The number of hydrogen-bond acceptors (Lipinski definition) is 15. The Bertz CT molecular complexity index is 1670. The molecule has 0 heterocycles. The van der Waals surface area contributed by atoms with Crippen molar-refractivity contribution >= 4 is 59.1 Å². The zero-order valence-corrected chi connectivity index (χ0v) is 41.5. The van der Waals surface area contributed by atoms with Gasteiger partial charge in [-0.05, 0) is 123 Å². The molecule has 0 aromatic heterocycles. The molecule has 0 aliphatic rings. The van der Waals surface area contributed by atoms with Gasteiger partial charge in [-0.3, -0.25) is 43.2 Å². The number of carbonyl (C=O) groups excluding carboxylic acids is 9. The molecule has 25 heteroatoms. The van der Waals surface area contributed by atoms with Gasteiger partial charge in [0, 0.05) is 0 Å². The molecule has 0 bridgehead atoms. The van der Waals surface area contributed by atoms with E-state index in [1.165, 1.54) is 20.8 Å². The minimum atomic E-state index is -1.57. The summed E-state index contributed by atoms with van der Waals surface area (Å²) in [6, 6.07) is -10.8. The molecule has 19 N–H and O–H groups in total. The van der Waals surface area contributed by atoms with Crippen molar-refractivity contribution in [2.75, 3.05) is 32.8 Å². The Balaban J connectivity index is 5.92. The molecule has 9 amide bonds. The minimum Gasteiger partial charge on any atom is -0.480 e. The molecule has 0 radical (unpaired) electrons. The van der Waals surface area contributed by atoms with Crippen molar-refractivity contribution in [2.45, 2.75) is 173 Å². The third-order valence-electron chi connectivity index (χ3n) is 10.6. The average molecular weight is 986 g/mol. The summed E-state index contributed by atoms with van der Waals surface area (Å²) in [5.74, 6) is -8.34. The van der Waals surface area contributed by atoms with Crippen LogP contribution in [-0.4, -0.2) is 157 Å². The van der Waals surface area contributed by atoms with Crippen LogP contribution in [0.25, 0.3) is 0 Å². The van der Waals surface area contributed by atoms with Gasteiger partial charge in [-0.1, -0.05) is 27.7 Å². The van der Waals surface area contributed by atoms with E-state index in [0.29, 0.717) is 51.6 Å². The molecule has 9 atom stereocenters. The number of rotatable bonds is 36. The Hall–Kier alpha value is -5.50. The van der Waals surface area contributed by atoms with Gasteiger partial charge in [-0.25, -0.2) is 4.79 Å². The van der Waals surface area contributed by atoms with Crippen LogP contribution in [0.15, 0.2) is 0 Å². The van der Waals surface area contributed by atoms with E-state index < -0.39 is 127 Å². The summed E-state index contributed by atoms with van der Waals surface area (Å²) >= 11 is 0. The van der Waals surface area contributed by atoms with Gasteiger partial charge in [-0.15, -0.1) is 0 Å². The van der Waals surface area contributed by atoms with Crippen molar-refractivity contribution in [3.63, 3.8) is 0 Å². The molecule has 69 heavy (non-hydrogen) atoms. The first kappa shape index (κ1) is 63.5. The maximum atomic E-state index is 13.8. The molecule has 0 spiro atoms. The number of amides is 9. The van der Waals surface area contributed by atoms with Crippen LogP contribution in [0.1, 0.15) is 119 Å². The largest absolute Gasteiger partial charge is 0.480 e. The number of carboxylic acid groups (broad SMARTS) is 1. The van der Waals surface area contributed by atoms with E-state index in [-0.39, 0.29) is 50.5 Å². The number of hydrogen-bond donors (Lipinski definition) is 15. The van der Waals surface area contributed by atoms with E-state index in [9.17, 15) is 58.2 Å². The first-order chi connectivity index (χ1) is 32.4. The molecule has 0 aromatic carbocycles. The Labute approximate surface area is 405 Å². The molecule has 0 saturated carbocycles. The van der Waals surface area contributed by atoms with Crippen LogP contribution >= 0.6 is 0 Å². The van der Waals surface area contributed by atoms with E-state index in [1.54, 1.807) is 27.7 Å². The predicted molar refractivity (Wildman–Crippen MR) is 256 cm³/mol. The van der Waals surface area contributed by atoms with Gasteiger partial charge < -0.3 is 81.0 Å². The Morgan fingerprint density at radius 2 is 0.768 bits per heavy atom. The molecule has 0 aliphatic heterocycles. The van der Waals surface area contributed by atoms with Crippen molar-refractivity contribution in [3.8, 4) is 0 Å². The van der Waals surface area contributed by atoms with Gasteiger partial charge in [0.05, 0.1) is 19.2 Å². The second kappa shape index (κ2) is 34.7. The highest BCUT2D eigenvalue weighted by Crippen LogP contribution is 2.11. The smallest absolute Gasteiger partial charge is 0.326 e. The van der Waals surface area contributed by atoms with Crippen molar-refractivity contribution < 1.29 is 58.2 Å². The Morgan fingerprint density at radius 1 is 0.420 bits per heavy atom. The van der Waals surface area contributed by atoms with E-state index in [0.717, 1.165) is 0 Å². The topological polar surface area (TPSA) is 424 Å². The molecule has 0 saturated heterocycles. The third-order valence-corrected chi connectivity index (χ3v) is 10.6. The maximum absolute atomic E-state index is 13.8. The summed E-state index contributed by atoms with van der Waals surface area (Å²) in [5, 5.41) is 42.0. The lowest BCUT2D eigenvalue weighted by Gasteiger charge is -2.26. The van der Waals surface area contributed by atoms with Crippen LogP contribution in [0, 0.1) is 11.8 Å². The van der Waals surface area contributed by atoms with Gasteiger partial charge >= 0.3 is 5.97 Å². The van der Waals surface area contributed by atoms with Crippen LogP contribution in [-0.2, 0) is 47.9 Å². The second-order valence-corrected chi connectivity index (χ2v) is 18.0. The highest BCUT2D eigenvalue weighted by atomic mass is 16.4. The summed E-state index contributed by atoms with van der Waals surface area (Å²) in [6.07, 6.45) is 3.34. The fourth-order valence-corrected chi connectivity index (χ4v) is 6.62. The molecule has 0 rings (SSSR count). The van der Waals surface area contributed by atoms with E-state index >= 15 is 0 Å². The highest BCUT2D eigenvalue weighted by Gasteiger charge is 2.33. The SMILES string of the molecule is CC(C)C[C@H](NC(=O)[C@H](CC(C)C)NC(=O)[C@H](CO)NC(=O)[C@H](C)NC(=O)CNC(=O)[C@H](CCCCN)NC(=O)[C@H](CCCCN)NC(=O)[C@H](CCCCN)NC(=O)[C@H](C)NC(=O)[C@H](C)N)C(=O)O. The summed E-state index contributed by atoms with van der Waals surface area (Å²) in [7, 11) is 0. The van der Waals surface area contributed by atoms with Crippen LogP contribution < -0.4 is 70.8 Å². The highest BCUT2D eigenvalue weighted by molar-refractivity contribution is 5.97. The van der Waals surface area contributed by atoms with Gasteiger partial charge in [0.2, 0.25) is 53.2 Å². The van der Waals surface area contributed by atoms with Crippen molar-refractivity contribution in [1.82, 2.24) is 47.9 Å². The second-order valence-electron chi connectivity index (χ2n) is 18.0. The number of nitrogens with one attached hydrogen (secondary N) is 9. The van der Waals surface area contributed by atoms with Crippen LogP contribution in [0.2, 0.25) is 0 Å². The summed E-state index contributed by atoms with van der Waals surface area (Å²) < 4.78 is 0. The quantitative estimate of drug-likeness (QED) is 0.0266. The van der Waals surface area contributed by atoms with Gasteiger partial charge in [0.25, 0.3) is 0 Å². The molecule has 25 nitrogen and oxygen atoms in total. The molecular formula is C44H83N13O12. The fraction of sp³-hybridized carbons (Fsp3) is 0.773. The van der Waals surface area contributed by atoms with Gasteiger partial charge in [0.15, 0.2) is 0 Å². The van der Waals surface area contributed by atoms with Crippen LogP contribution in [0.3, 0.4) is 0 Å². The lowest BCUT2D eigenvalue weighted by molar-refractivity contribution is -0.143. The lowest BCUT2D eigenvalue weighted by atomic mass is 10.0. The average Bonchev–Trinajstić information content (AvgIpc) is 3.27. The molecular weight excluding hydrogens is 903 g/mol. The normalized spacial score (nSPS) is 15.1. The van der Waals surface area contributed by atoms with Gasteiger partial charge in [-0.2, -0.15) is 0 Å². The summed E-state index contributed by atoms with van der Waals surface area (Å²) in [5.41, 5.74) is 22.6. The third kappa shape index (κ3) is 26.7. The fourth-order valence-electron chi connectivity index (χ4n) is 6.62. The van der Waals surface area contributed by atoms with Crippen molar-refractivity contribution in [3.05, 3.63) is 0 Å². The zero-order valence-electron chi connectivity index (χ0n) is 41.5. The number of carbonyl (C=O) groups is 10. The Morgan fingerprint density at radius 3 is 1.17 bits per heavy atom. The lowest BCUT2D eigenvalue weighted by Crippen LogP contribution is -2.59. The maximum Gasteiger partial charge on any atom is 0.326 e. The molecule has 0 fully saturated rings. The number of aliphatic hydroxyl groups is 1. The summed E-state index contributed by atoms with van der Waals surface area (Å²) in [4.78, 5) is 130. The number of nitrogens with two attached hydrogens (primary N) is 4. The van der Waals surface area contributed by atoms with Crippen LogP contribution in [0.5, 0.6) is 0 Å². The summed E-state index contributed by atoms with van der Waals surface area (Å²) in [6.45, 7) is 10.6. The molecule has 0 aromatic rings. The van der Waals surface area contributed by atoms with E-state index in [1.807, 2.05) is 0 Å². The Kier molecular flexibility index (Phi) is 32.0. The van der Waals surface area contributed by atoms with Crippen LogP contribution in [0.4, 0.5) is 0 Å². The number of aliphatic carboxylic acids is 1. The van der Waals surface area contributed by atoms with Gasteiger partial charge in [0.1, 0.15) is 48.3 Å². The number of carboxylic acids is 1. The zero-order chi connectivity index (χ0) is 52.8. The predicted octanol–water partition coefficient (Wildman–Crippen LogP) is -4.08. The van der Waals surface area contributed by atoms with E-state index in [2.05, 4.69) is 47.9 Å². The standard InChI is InChI=1S/C44H83N13O12/c1-24(2)20-32(42(66)56-33(44(68)69)21-25(3)4)55-43(67)34(23-58)57-37(61)27(6)50-35(59)22-49-39(63)29(14-8-11-17-45)53-41(65)31(16-10-13-19-47)54-40(64)30(15-9-12-18-46)52-38(62)28(7)51-36(60)26(5)48/h24-34,58H,8-23,45-48H2,1-7H3,(H,49,63)(H,50,59)(H,51,60)(H,52,62)(H,53,65)(H,54,64)(H,55,67)(H,56,66)(H,57,61)(H,68,69)/t26-,27-,28-,29-,30-,31-,32-,33-,34-/m0/s1. The van der Waals surface area contributed by atoms with Crippen molar-refractivity contribution in [1.29, 1.82) is 0 Å². The molecule has 0 unspecified atom stereocenters. The first-order valence-corrected chi connectivity index (χ1v) is 23.8. The number of aliphatic hydroxyl groups excluding tert-OH is 1. The van der Waals surface area contributed by atoms with Crippen molar-refractivity contribution in [2.24, 2.45) is 34.8 Å². The molecule has 396 valence electrons. The molecule has 0 aliphatic carbocycles. The first-order valence-electron chi connectivity index (χ1n) is 23.8.